The smallest absolute Gasteiger partial charge is 0.323 e. The molecule has 0 saturated carbocycles. The molecule has 2 N–H and O–H groups in total. The number of esters is 1. The van der Waals surface area contributed by atoms with Gasteiger partial charge in [-0.25, -0.2) is 4.39 Å². The second-order valence-electron chi connectivity index (χ2n) is 7.22. The highest BCUT2D eigenvalue weighted by Crippen LogP contribution is 2.27. The molecule has 0 aromatic heterocycles. The number of rotatable bonds is 6. The molecule has 5 heteroatoms. The van der Waals surface area contributed by atoms with Crippen molar-refractivity contribution in [3.05, 3.63) is 29.6 Å². The predicted octanol–water partition coefficient (Wildman–Crippen LogP) is 3.42. The fourth-order valence-electron chi connectivity index (χ4n) is 1.88. The normalized spacial score (nSPS) is 14.5. The molecule has 1 rings (SSSR count). The molecule has 0 fully saturated rings. The zero-order valence-electron chi connectivity index (χ0n) is 14.9. The summed E-state index contributed by atoms with van der Waals surface area (Å²) < 4.78 is 24.7. The highest BCUT2D eigenvalue weighted by atomic mass is 19.1. The molecule has 1 unspecified atom stereocenters. The molecule has 0 aliphatic heterocycles. The van der Waals surface area contributed by atoms with Gasteiger partial charge in [-0.2, -0.15) is 0 Å². The Morgan fingerprint density at radius 1 is 1.26 bits per heavy atom. The molecule has 2 atom stereocenters. The van der Waals surface area contributed by atoms with Crippen molar-refractivity contribution in [2.24, 2.45) is 11.7 Å². The molecule has 0 radical (unpaired) electrons. The van der Waals surface area contributed by atoms with Gasteiger partial charge in [0.05, 0.1) is 0 Å². The Morgan fingerprint density at radius 2 is 1.87 bits per heavy atom. The molecule has 1 aromatic rings. The summed E-state index contributed by atoms with van der Waals surface area (Å²) in [5.41, 5.74) is 6.47. The van der Waals surface area contributed by atoms with Gasteiger partial charge in [0.2, 0.25) is 0 Å². The van der Waals surface area contributed by atoms with Gasteiger partial charge in [0.25, 0.3) is 0 Å². The third kappa shape index (κ3) is 5.82. The topological polar surface area (TPSA) is 61.6 Å². The summed E-state index contributed by atoms with van der Waals surface area (Å²) >= 11 is 0. The van der Waals surface area contributed by atoms with Gasteiger partial charge in [0.1, 0.15) is 18.8 Å². The van der Waals surface area contributed by atoms with Gasteiger partial charge in [-0.3, -0.25) is 4.79 Å². The zero-order valence-corrected chi connectivity index (χ0v) is 14.9. The van der Waals surface area contributed by atoms with Crippen molar-refractivity contribution in [1.82, 2.24) is 0 Å². The van der Waals surface area contributed by atoms with Crippen molar-refractivity contribution in [3.8, 4) is 5.75 Å². The van der Waals surface area contributed by atoms with Crippen LogP contribution in [-0.2, 0) is 14.9 Å². The Bertz CT molecular complexity index is 538. The van der Waals surface area contributed by atoms with E-state index < -0.39 is 23.9 Å². The number of hydrogen-bond donors (Lipinski definition) is 1. The summed E-state index contributed by atoms with van der Waals surface area (Å²) in [6.45, 7) is 11.5. The van der Waals surface area contributed by atoms with E-state index in [-0.39, 0.29) is 23.7 Å². The van der Waals surface area contributed by atoms with Crippen molar-refractivity contribution in [1.29, 1.82) is 0 Å². The average molecular weight is 325 g/mol. The van der Waals surface area contributed by atoms with Crippen LogP contribution in [0.2, 0.25) is 0 Å². The van der Waals surface area contributed by atoms with Crippen LogP contribution in [0.25, 0.3) is 0 Å². The van der Waals surface area contributed by atoms with Crippen molar-refractivity contribution < 1.29 is 18.7 Å². The number of carbonyl (C=O) groups is 1. The van der Waals surface area contributed by atoms with E-state index in [1.54, 1.807) is 13.0 Å². The number of halogens is 1. The molecule has 23 heavy (non-hydrogen) atoms. The predicted molar refractivity (Wildman–Crippen MR) is 89.0 cm³/mol. The van der Waals surface area contributed by atoms with Crippen molar-refractivity contribution in [2.75, 3.05) is 6.61 Å². The maximum atomic E-state index is 14.1. The van der Waals surface area contributed by atoms with Crippen molar-refractivity contribution in [3.63, 3.8) is 0 Å². The Morgan fingerprint density at radius 3 is 2.35 bits per heavy atom. The van der Waals surface area contributed by atoms with E-state index >= 15 is 0 Å². The van der Waals surface area contributed by atoms with E-state index in [1.165, 1.54) is 6.07 Å². The quantitative estimate of drug-likeness (QED) is 0.814. The molecule has 0 spiro atoms. The number of nitrogens with two attached hydrogens (primary N) is 1. The summed E-state index contributed by atoms with van der Waals surface area (Å²) in [4.78, 5) is 11.7. The molecule has 0 saturated heterocycles. The first-order valence-corrected chi connectivity index (χ1v) is 7.91. The van der Waals surface area contributed by atoms with E-state index in [1.807, 2.05) is 40.7 Å². The maximum absolute atomic E-state index is 14.1. The minimum absolute atomic E-state index is 0.00103. The summed E-state index contributed by atoms with van der Waals surface area (Å²) in [6.07, 6.45) is -0.465. The maximum Gasteiger partial charge on any atom is 0.323 e. The van der Waals surface area contributed by atoms with Crippen LogP contribution < -0.4 is 10.5 Å². The van der Waals surface area contributed by atoms with Gasteiger partial charge in [-0.15, -0.1) is 0 Å². The first-order valence-electron chi connectivity index (χ1n) is 7.91. The lowest BCUT2D eigenvalue weighted by Crippen LogP contribution is -2.38. The molecule has 0 bridgehead atoms. The van der Waals surface area contributed by atoms with Crippen LogP contribution in [0, 0.1) is 11.7 Å². The van der Waals surface area contributed by atoms with Crippen LogP contribution in [0.15, 0.2) is 18.2 Å². The number of ether oxygens (including phenoxy) is 2. The lowest BCUT2D eigenvalue weighted by atomic mass is 9.87. The molecular weight excluding hydrogens is 297 g/mol. The molecule has 1 aromatic carbocycles. The van der Waals surface area contributed by atoms with Crippen LogP contribution in [0.1, 0.15) is 47.1 Å². The van der Waals surface area contributed by atoms with E-state index in [0.29, 0.717) is 0 Å². The SMILES string of the molecule is CC(C)C(N)C(=O)OC[C@H](C)Oc1ccc(C(C)(C)C)cc1F. The molecule has 0 aliphatic rings. The minimum Gasteiger partial charge on any atom is -0.484 e. The lowest BCUT2D eigenvalue weighted by molar-refractivity contribution is -0.148. The number of carbonyl (C=O) groups excluding carboxylic acids is 1. The van der Waals surface area contributed by atoms with E-state index in [9.17, 15) is 9.18 Å². The van der Waals surface area contributed by atoms with E-state index in [2.05, 4.69) is 0 Å². The van der Waals surface area contributed by atoms with Crippen molar-refractivity contribution in [2.45, 2.75) is 59.1 Å². The highest BCUT2D eigenvalue weighted by molar-refractivity contribution is 5.75. The molecule has 0 aliphatic carbocycles. The average Bonchev–Trinajstić information content (AvgIpc) is 2.44. The van der Waals surface area contributed by atoms with Crippen LogP contribution in [0.3, 0.4) is 0 Å². The van der Waals surface area contributed by atoms with Crippen LogP contribution >= 0.6 is 0 Å². The molecule has 4 nitrogen and oxygen atoms in total. The number of hydrogen-bond acceptors (Lipinski definition) is 4. The van der Waals surface area contributed by atoms with Crippen molar-refractivity contribution >= 4 is 5.97 Å². The Kier molecular flexibility index (Phi) is 6.57. The lowest BCUT2D eigenvalue weighted by Gasteiger charge is -2.21. The van der Waals surface area contributed by atoms with E-state index in [0.717, 1.165) is 5.56 Å². The second kappa shape index (κ2) is 7.77. The monoisotopic (exact) mass is 325 g/mol. The fourth-order valence-corrected chi connectivity index (χ4v) is 1.88. The van der Waals surface area contributed by atoms with Crippen LogP contribution in [0.4, 0.5) is 4.39 Å². The summed E-state index contributed by atoms with van der Waals surface area (Å²) in [5, 5.41) is 0. The summed E-state index contributed by atoms with van der Waals surface area (Å²) in [5.74, 6) is -0.746. The first-order chi connectivity index (χ1) is 10.5. The molecule has 0 heterocycles. The minimum atomic E-state index is -0.662. The van der Waals surface area contributed by atoms with Crippen LogP contribution in [0.5, 0.6) is 5.75 Å². The first kappa shape index (κ1) is 19.4. The Labute approximate surface area is 138 Å². The third-order valence-electron chi connectivity index (χ3n) is 3.58. The van der Waals surface area contributed by atoms with Gasteiger partial charge in [-0.1, -0.05) is 40.7 Å². The zero-order chi connectivity index (χ0) is 17.8. The highest BCUT2D eigenvalue weighted by Gasteiger charge is 2.21. The third-order valence-corrected chi connectivity index (χ3v) is 3.58. The summed E-state index contributed by atoms with van der Waals surface area (Å²) in [7, 11) is 0. The van der Waals surface area contributed by atoms with Gasteiger partial charge >= 0.3 is 5.97 Å². The van der Waals surface area contributed by atoms with Gasteiger partial charge in [-0.05, 0) is 36.0 Å². The van der Waals surface area contributed by atoms with Crippen LogP contribution in [-0.4, -0.2) is 24.7 Å². The standard InChI is InChI=1S/C18H28FNO3/c1-11(2)16(20)17(21)22-10-12(3)23-15-8-7-13(9-14(15)19)18(4,5)6/h7-9,11-12,16H,10,20H2,1-6H3/t12-,16?/m0/s1. The number of benzene rings is 1. The van der Waals surface area contributed by atoms with E-state index in [4.69, 9.17) is 15.2 Å². The van der Waals surface area contributed by atoms with Gasteiger partial charge in [0, 0.05) is 0 Å². The van der Waals surface area contributed by atoms with Gasteiger partial charge in [0.15, 0.2) is 11.6 Å². The molecule has 0 amide bonds. The Balaban J connectivity index is 2.61. The summed E-state index contributed by atoms with van der Waals surface area (Å²) in [6, 6.07) is 4.26. The second-order valence-corrected chi connectivity index (χ2v) is 7.22. The fraction of sp³-hybridized carbons (Fsp3) is 0.611. The Hall–Kier alpha value is -1.62. The van der Waals surface area contributed by atoms with Gasteiger partial charge < -0.3 is 15.2 Å². The molecule has 130 valence electrons. The molecular formula is C18H28FNO3. The largest absolute Gasteiger partial charge is 0.484 e.